The standard InChI is InChI=1S/C23H31F3N4O3/c24-23(25,26)16-27-21(31)30-12-10-29(11-13-30)19-4-5-20-17(14-19)15-32-22(33-20)6-8-28(9-7-22)18-2-1-3-18/h4-5,14,18H,1-3,6-13,15-16H2,(H,27,31). The summed E-state index contributed by atoms with van der Waals surface area (Å²) in [5.41, 5.74) is 2.01. The van der Waals surface area contributed by atoms with E-state index in [0.717, 1.165) is 49.0 Å². The van der Waals surface area contributed by atoms with Crippen LogP contribution in [0.3, 0.4) is 0 Å². The van der Waals surface area contributed by atoms with Gasteiger partial charge in [-0.25, -0.2) is 4.79 Å². The van der Waals surface area contributed by atoms with Crippen molar-refractivity contribution < 1.29 is 27.4 Å². The Bertz CT molecular complexity index is 861. The summed E-state index contributed by atoms with van der Waals surface area (Å²) in [6.45, 7) is 3.08. The lowest BCUT2D eigenvalue weighted by molar-refractivity contribution is -0.231. The van der Waals surface area contributed by atoms with Gasteiger partial charge in [-0.2, -0.15) is 13.2 Å². The number of piperidine rings is 1. The molecule has 182 valence electrons. The maximum absolute atomic E-state index is 12.3. The van der Waals surface area contributed by atoms with Crippen LogP contribution in [-0.2, 0) is 11.3 Å². The molecule has 2 amide bonds. The van der Waals surface area contributed by atoms with Gasteiger partial charge in [-0.05, 0) is 31.0 Å². The Morgan fingerprint density at radius 3 is 2.45 bits per heavy atom. The number of rotatable bonds is 3. The number of halogens is 3. The summed E-state index contributed by atoms with van der Waals surface area (Å²) in [4.78, 5) is 18.1. The molecule has 2 saturated heterocycles. The van der Waals surface area contributed by atoms with E-state index < -0.39 is 24.5 Å². The Kier molecular flexibility index (Phi) is 6.07. The maximum atomic E-state index is 12.3. The number of hydrogen-bond donors (Lipinski definition) is 1. The third-order valence-corrected chi connectivity index (χ3v) is 7.35. The topological polar surface area (TPSA) is 57.3 Å². The minimum absolute atomic E-state index is 0.369. The van der Waals surface area contributed by atoms with E-state index in [2.05, 4.69) is 15.9 Å². The molecule has 0 radical (unpaired) electrons. The fourth-order valence-corrected chi connectivity index (χ4v) is 5.10. The number of piperazine rings is 1. The Balaban J connectivity index is 1.14. The van der Waals surface area contributed by atoms with Crippen LogP contribution >= 0.6 is 0 Å². The normalized spacial score (nSPS) is 23.6. The molecule has 4 aliphatic rings. The van der Waals surface area contributed by atoms with Crippen LogP contribution in [0.1, 0.15) is 37.7 Å². The number of nitrogens with one attached hydrogen (secondary N) is 1. The molecule has 1 aromatic rings. The number of benzene rings is 1. The molecular weight excluding hydrogens is 437 g/mol. The number of hydrogen-bond acceptors (Lipinski definition) is 5. The van der Waals surface area contributed by atoms with Crippen LogP contribution in [0.4, 0.5) is 23.7 Å². The number of carbonyl (C=O) groups is 1. The highest BCUT2D eigenvalue weighted by Crippen LogP contribution is 2.40. The number of urea groups is 1. The minimum Gasteiger partial charge on any atom is -0.462 e. The molecule has 10 heteroatoms. The van der Waals surface area contributed by atoms with Crippen LogP contribution in [0.25, 0.3) is 0 Å². The van der Waals surface area contributed by atoms with E-state index in [0.29, 0.717) is 32.8 Å². The molecule has 0 bridgehead atoms. The van der Waals surface area contributed by atoms with Gasteiger partial charge < -0.3 is 24.6 Å². The molecule has 3 aliphatic heterocycles. The zero-order valence-corrected chi connectivity index (χ0v) is 18.7. The highest BCUT2D eigenvalue weighted by molar-refractivity contribution is 5.74. The van der Waals surface area contributed by atoms with E-state index >= 15 is 0 Å². The number of amides is 2. The molecule has 0 atom stereocenters. The second kappa shape index (κ2) is 8.87. The Morgan fingerprint density at radius 2 is 1.82 bits per heavy atom. The number of nitrogens with zero attached hydrogens (tertiary/aromatic N) is 3. The highest BCUT2D eigenvalue weighted by atomic mass is 19.4. The van der Waals surface area contributed by atoms with Gasteiger partial charge >= 0.3 is 12.2 Å². The van der Waals surface area contributed by atoms with E-state index in [1.54, 1.807) is 0 Å². The zero-order chi connectivity index (χ0) is 23.1. The fraction of sp³-hybridized carbons (Fsp3) is 0.696. The molecule has 3 heterocycles. The molecule has 0 unspecified atom stereocenters. The molecule has 1 N–H and O–H groups in total. The minimum atomic E-state index is -4.41. The smallest absolute Gasteiger partial charge is 0.405 e. The molecule has 1 spiro atoms. The molecular formula is C23H31F3N4O3. The van der Waals surface area contributed by atoms with Crippen molar-refractivity contribution in [1.82, 2.24) is 15.1 Å². The van der Waals surface area contributed by atoms with Crippen molar-refractivity contribution in [2.24, 2.45) is 0 Å². The summed E-state index contributed by atoms with van der Waals surface area (Å²) in [6.07, 6.45) is 1.32. The summed E-state index contributed by atoms with van der Waals surface area (Å²) in [6, 6.07) is 6.14. The summed E-state index contributed by atoms with van der Waals surface area (Å²) in [5.74, 6) is 0.344. The number of ether oxygens (including phenoxy) is 2. The van der Waals surface area contributed by atoms with Gasteiger partial charge in [0, 0.05) is 69.4 Å². The average molecular weight is 469 g/mol. The summed E-state index contributed by atoms with van der Waals surface area (Å²) in [7, 11) is 0. The van der Waals surface area contributed by atoms with Crippen molar-refractivity contribution in [3.63, 3.8) is 0 Å². The van der Waals surface area contributed by atoms with E-state index in [-0.39, 0.29) is 0 Å². The van der Waals surface area contributed by atoms with Crippen LogP contribution in [0, 0.1) is 0 Å². The second-order valence-electron chi connectivity index (χ2n) is 9.46. The summed E-state index contributed by atoms with van der Waals surface area (Å²) < 4.78 is 49.6. The first-order chi connectivity index (χ1) is 15.8. The van der Waals surface area contributed by atoms with Crippen LogP contribution < -0.4 is 15.0 Å². The zero-order valence-electron chi connectivity index (χ0n) is 18.7. The van der Waals surface area contributed by atoms with Gasteiger partial charge in [-0.3, -0.25) is 4.90 Å². The predicted molar refractivity (Wildman–Crippen MR) is 116 cm³/mol. The van der Waals surface area contributed by atoms with Crippen LogP contribution in [0.5, 0.6) is 5.75 Å². The van der Waals surface area contributed by atoms with Crippen molar-refractivity contribution >= 4 is 11.7 Å². The quantitative estimate of drug-likeness (QED) is 0.738. The average Bonchev–Trinajstić information content (AvgIpc) is 2.77. The first kappa shape index (κ1) is 22.6. The summed E-state index contributed by atoms with van der Waals surface area (Å²) in [5, 5.41) is 1.94. The van der Waals surface area contributed by atoms with Crippen LogP contribution in [0.2, 0.25) is 0 Å². The SMILES string of the molecule is O=C(NCC(F)(F)F)N1CCN(c2ccc3c(c2)COC2(CCN(C4CCC4)CC2)O3)CC1. The van der Waals surface area contributed by atoms with E-state index in [9.17, 15) is 18.0 Å². The third-order valence-electron chi connectivity index (χ3n) is 7.35. The second-order valence-corrected chi connectivity index (χ2v) is 9.46. The first-order valence-corrected chi connectivity index (χ1v) is 11.8. The fourth-order valence-electron chi connectivity index (χ4n) is 5.10. The van der Waals surface area contributed by atoms with Crippen molar-refractivity contribution in [3.05, 3.63) is 23.8 Å². The molecule has 1 aromatic carbocycles. The molecule has 1 aliphatic carbocycles. The Morgan fingerprint density at radius 1 is 1.09 bits per heavy atom. The van der Waals surface area contributed by atoms with E-state index in [4.69, 9.17) is 9.47 Å². The third kappa shape index (κ3) is 5.01. The van der Waals surface area contributed by atoms with E-state index in [1.807, 2.05) is 17.4 Å². The first-order valence-electron chi connectivity index (χ1n) is 11.8. The predicted octanol–water partition coefficient (Wildman–Crippen LogP) is 3.33. The van der Waals surface area contributed by atoms with Crippen molar-refractivity contribution in [2.75, 3.05) is 50.7 Å². The number of anilines is 1. The Hall–Kier alpha value is -2.20. The Labute approximate surface area is 191 Å². The monoisotopic (exact) mass is 468 g/mol. The molecule has 33 heavy (non-hydrogen) atoms. The lowest BCUT2D eigenvalue weighted by Crippen LogP contribution is -2.54. The van der Waals surface area contributed by atoms with Gasteiger partial charge in [0.05, 0.1) is 6.61 Å². The van der Waals surface area contributed by atoms with Crippen molar-refractivity contribution in [2.45, 2.75) is 56.7 Å². The largest absolute Gasteiger partial charge is 0.462 e. The van der Waals surface area contributed by atoms with Gasteiger partial charge in [-0.1, -0.05) is 6.42 Å². The van der Waals surface area contributed by atoms with Gasteiger partial charge in [0.2, 0.25) is 5.79 Å². The van der Waals surface area contributed by atoms with Gasteiger partial charge in [0.15, 0.2) is 0 Å². The van der Waals surface area contributed by atoms with Gasteiger partial charge in [0.25, 0.3) is 0 Å². The number of carbonyl (C=O) groups excluding carboxylic acids is 1. The lowest BCUT2D eigenvalue weighted by atomic mass is 9.89. The van der Waals surface area contributed by atoms with Gasteiger partial charge in [0.1, 0.15) is 12.3 Å². The summed E-state index contributed by atoms with van der Waals surface area (Å²) >= 11 is 0. The molecule has 0 aromatic heterocycles. The van der Waals surface area contributed by atoms with Crippen molar-refractivity contribution in [3.8, 4) is 5.75 Å². The maximum Gasteiger partial charge on any atom is 0.405 e. The van der Waals surface area contributed by atoms with Crippen molar-refractivity contribution in [1.29, 1.82) is 0 Å². The number of alkyl halides is 3. The molecule has 1 saturated carbocycles. The molecule has 5 rings (SSSR count). The number of fused-ring (bicyclic) bond motifs is 1. The van der Waals surface area contributed by atoms with Gasteiger partial charge in [-0.15, -0.1) is 0 Å². The number of likely N-dealkylation sites (tertiary alicyclic amines) is 1. The molecule has 3 fully saturated rings. The van der Waals surface area contributed by atoms with E-state index in [1.165, 1.54) is 24.2 Å². The van der Waals surface area contributed by atoms with Crippen LogP contribution in [0.15, 0.2) is 18.2 Å². The molecule has 7 nitrogen and oxygen atoms in total. The van der Waals surface area contributed by atoms with Crippen LogP contribution in [-0.4, -0.2) is 79.6 Å². The highest BCUT2D eigenvalue weighted by Gasteiger charge is 2.43. The lowest BCUT2D eigenvalue weighted by Gasteiger charge is -2.47.